The number of amides is 1. The molecule has 0 aliphatic carbocycles. The predicted molar refractivity (Wildman–Crippen MR) is 75.3 cm³/mol. The third-order valence-corrected chi connectivity index (χ3v) is 4.13. The van der Waals surface area contributed by atoms with E-state index in [1.54, 1.807) is 13.8 Å². The van der Waals surface area contributed by atoms with Crippen LogP contribution in [0, 0.1) is 5.92 Å². The molecule has 1 fully saturated rings. The SMILES string of the molecule is CC(C)(NS(C)(=O)=O)C(=O)NCCC1CCCNC1. The summed E-state index contributed by atoms with van der Waals surface area (Å²) in [7, 11) is -3.39. The number of carbonyl (C=O) groups excluding carboxylic acids is 1. The first-order valence-electron chi connectivity index (χ1n) is 6.69. The Bertz CT molecular complexity index is 400. The van der Waals surface area contributed by atoms with Crippen LogP contribution in [-0.4, -0.2) is 45.8 Å². The predicted octanol–water partition coefficient (Wildman–Crippen LogP) is -0.180. The summed E-state index contributed by atoms with van der Waals surface area (Å²) >= 11 is 0. The summed E-state index contributed by atoms with van der Waals surface area (Å²) in [5, 5.41) is 6.13. The van der Waals surface area contributed by atoms with Gasteiger partial charge in [-0.2, -0.15) is 0 Å². The quantitative estimate of drug-likeness (QED) is 0.633. The summed E-state index contributed by atoms with van der Waals surface area (Å²) in [5.74, 6) is 0.307. The van der Waals surface area contributed by atoms with Gasteiger partial charge in [-0.3, -0.25) is 4.79 Å². The second-order valence-corrected chi connectivity index (χ2v) is 7.50. The fourth-order valence-electron chi connectivity index (χ4n) is 2.29. The highest BCUT2D eigenvalue weighted by molar-refractivity contribution is 7.88. The first-order valence-corrected chi connectivity index (χ1v) is 8.58. The lowest BCUT2D eigenvalue weighted by atomic mass is 9.96. The van der Waals surface area contributed by atoms with Crippen LogP contribution in [-0.2, 0) is 14.8 Å². The van der Waals surface area contributed by atoms with Crippen LogP contribution in [0.15, 0.2) is 0 Å². The van der Waals surface area contributed by atoms with Crippen molar-refractivity contribution in [3.63, 3.8) is 0 Å². The number of sulfonamides is 1. The summed E-state index contributed by atoms with van der Waals surface area (Å²) in [6.45, 7) is 5.78. The van der Waals surface area contributed by atoms with Gasteiger partial charge in [-0.15, -0.1) is 0 Å². The minimum atomic E-state index is -3.39. The zero-order chi connectivity index (χ0) is 14.5. The van der Waals surface area contributed by atoms with Crippen molar-refractivity contribution in [3.8, 4) is 0 Å². The van der Waals surface area contributed by atoms with Crippen LogP contribution in [0.4, 0.5) is 0 Å². The normalized spacial score (nSPS) is 21.1. The van der Waals surface area contributed by atoms with E-state index < -0.39 is 15.6 Å². The number of nitrogens with one attached hydrogen (secondary N) is 3. The molecule has 1 aliphatic heterocycles. The standard InChI is InChI=1S/C12H25N3O3S/c1-12(2,15-19(3,17)18)11(16)14-8-6-10-5-4-7-13-9-10/h10,13,15H,4-9H2,1-3H3,(H,14,16). The second kappa shape index (κ2) is 6.67. The number of hydrogen-bond donors (Lipinski definition) is 3. The van der Waals surface area contributed by atoms with Crippen LogP contribution >= 0.6 is 0 Å². The van der Waals surface area contributed by atoms with E-state index in [4.69, 9.17) is 0 Å². The van der Waals surface area contributed by atoms with Gasteiger partial charge in [-0.1, -0.05) is 0 Å². The maximum atomic E-state index is 11.9. The van der Waals surface area contributed by atoms with Crippen molar-refractivity contribution in [3.05, 3.63) is 0 Å². The molecule has 0 spiro atoms. The fraction of sp³-hybridized carbons (Fsp3) is 0.917. The van der Waals surface area contributed by atoms with Gasteiger partial charge in [0.25, 0.3) is 0 Å². The Labute approximate surface area is 115 Å². The van der Waals surface area contributed by atoms with Crippen molar-refractivity contribution >= 4 is 15.9 Å². The molecule has 0 bridgehead atoms. The number of carbonyl (C=O) groups is 1. The highest BCUT2D eigenvalue weighted by Crippen LogP contribution is 2.13. The summed E-state index contributed by atoms with van der Waals surface area (Å²) in [5.41, 5.74) is -1.11. The maximum Gasteiger partial charge on any atom is 0.240 e. The minimum absolute atomic E-state index is 0.290. The third-order valence-electron chi connectivity index (χ3n) is 3.25. The molecule has 0 radical (unpaired) electrons. The molecule has 3 N–H and O–H groups in total. The van der Waals surface area contributed by atoms with Gasteiger partial charge in [-0.05, 0) is 52.1 Å². The first kappa shape index (κ1) is 16.4. The van der Waals surface area contributed by atoms with Gasteiger partial charge >= 0.3 is 0 Å². The lowest BCUT2D eigenvalue weighted by Crippen LogP contribution is -2.54. The lowest BCUT2D eigenvalue weighted by Gasteiger charge is -2.26. The highest BCUT2D eigenvalue weighted by Gasteiger charge is 2.30. The van der Waals surface area contributed by atoms with Crippen molar-refractivity contribution in [2.75, 3.05) is 25.9 Å². The molecule has 0 aromatic heterocycles. The van der Waals surface area contributed by atoms with Crippen LogP contribution in [0.1, 0.15) is 33.1 Å². The van der Waals surface area contributed by atoms with Crippen molar-refractivity contribution < 1.29 is 13.2 Å². The van der Waals surface area contributed by atoms with Crippen LogP contribution in [0.5, 0.6) is 0 Å². The molecule has 6 nitrogen and oxygen atoms in total. The molecule has 0 aromatic carbocycles. The monoisotopic (exact) mass is 291 g/mol. The largest absolute Gasteiger partial charge is 0.354 e. The van der Waals surface area contributed by atoms with Crippen LogP contribution in [0.25, 0.3) is 0 Å². The molecule has 0 aromatic rings. The Morgan fingerprint density at radius 3 is 2.63 bits per heavy atom. The second-order valence-electron chi connectivity index (χ2n) is 5.76. The zero-order valence-electron chi connectivity index (χ0n) is 12.0. The van der Waals surface area contributed by atoms with Crippen molar-refractivity contribution in [2.24, 2.45) is 5.92 Å². The zero-order valence-corrected chi connectivity index (χ0v) is 12.8. The average Bonchev–Trinajstić information content (AvgIpc) is 2.27. The number of piperidine rings is 1. The van der Waals surface area contributed by atoms with Gasteiger partial charge in [-0.25, -0.2) is 13.1 Å². The van der Waals surface area contributed by atoms with E-state index in [9.17, 15) is 13.2 Å². The van der Waals surface area contributed by atoms with Crippen LogP contribution in [0.2, 0.25) is 0 Å². The van der Waals surface area contributed by atoms with Gasteiger partial charge in [0.1, 0.15) is 5.54 Å². The first-order chi connectivity index (χ1) is 8.71. The highest BCUT2D eigenvalue weighted by atomic mass is 32.2. The van der Waals surface area contributed by atoms with E-state index in [2.05, 4.69) is 15.4 Å². The van der Waals surface area contributed by atoms with Gasteiger partial charge in [0.05, 0.1) is 6.26 Å². The molecule has 1 unspecified atom stereocenters. The fourth-order valence-corrected chi connectivity index (χ4v) is 3.31. The van der Waals surface area contributed by atoms with Crippen molar-refractivity contribution in [1.82, 2.24) is 15.4 Å². The van der Waals surface area contributed by atoms with Gasteiger partial charge < -0.3 is 10.6 Å². The van der Waals surface area contributed by atoms with Gasteiger partial charge in [0.15, 0.2) is 0 Å². The third kappa shape index (κ3) is 6.35. The maximum absolute atomic E-state index is 11.9. The summed E-state index contributed by atoms with van der Waals surface area (Å²) in [4.78, 5) is 11.9. The molecule has 1 rings (SSSR count). The van der Waals surface area contributed by atoms with E-state index in [0.717, 1.165) is 25.8 Å². The van der Waals surface area contributed by atoms with Gasteiger partial charge in [0.2, 0.25) is 15.9 Å². The van der Waals surface area contributed by atoms with E-state index in [0.29, 0.717) is 12.5 Å². The molecule has 0 saturated carbocycles. The Morgan fingerprint density at radius 2 is 2.11 bits per heavy atom. The number of rotatable bonds is 6. The summed E-state index contributed by atoms with van der Waals surface area (Å²) in [6, 6.07) is 0. The molecule has 112 valence electrons. The Balaban J connectivity index is 2.33. The smallest absolute Gasteiger partial charge is 0.240 e. The van der Waals surface area contributed by atoms with Crippen LogP contribution < -0.4 is 15.4 Å². The molecule has 19 heavy (non-hydrogen) atoms. The molecule has 1 saturated heterocycles. The number of hydrogen-bond acceptors (Lipinski definition) is 4. The average molecular weight is 291 g/mol. The summed E-state index contributed by atoms with van der Waals surface area (Å²) in [6.07, 6.45) is 4.34. The van der Waals surface area contributed by atoms with E-state index in [-0.39, 0.29) is 5.91 Å². The molecule has 1 atom stereocenters. The Hall–Kier alpha value is -0.660. The molecule has 1 aliphatic rings. The molecule has 1 heterocycles. The molecule has 1 amide bonds. The van der Waals surface area contributed by atoms with Gasteiger partial charge in [0, 0.05) is 6.54 Å². The topological polar surface area (TPSA) is 87.3 Å². The van der Waals surface area contributed by atoms with E-state index >= 15 is 0 Å². The minimum Gasteiger partial charge on any atom is -0.354 e. The Kier molecular flexibility index (Phi) is 5.76. The van der Waals surface area contributed by atoms with Crippen LogP contribution in [0.3, 0.4) is 0 Å². The van der Waals surface area contributed by atoms with E-state index in [1.807, 2.05) is 0 Å². The molecular weight excluding hydrogens is 266 g/mol. The molecule has 7 heteroatoms. The Morgan fingerprint density at radius 1 is 1.42 bits per heavy atom. The van der Waals surface area contributed by atoms with Crippen molar-refractivity contribution in [2.45, 2.75) is 38.6 Å². The lowest BCUT2D eigenvalue weighted by molar-refractivity contribution is -0.125. The van der Waals surface area contributed by atoms with E-state index in [1.165, 1.54) is 12.8 Å². The summed E-state index contributed by atoms with van der Waals surface area (Å²) < 4.78 is 24.7. The molecular formula is C12H25N3O3S. The van der Waals surface area contributed by atoms with Crippen molar-refractivity contribution in [1.29, 1.82) is 0 Å².